The van der Waals surface area contributed by atoms with Gasteiger partial charge in [0.2, 0.25) is 5.91 Å². The minimum Gasteiger partial charge on any atom is -0.325 e. The highest BCUT2D eigenvalue weighted by molar-refractivity contribution is 7.99. The topological polar surface area (TPSA) is 59.8 Å². The maximum absolute atomic E-state index is 12.7. The third-order valence-corrected chi connectivity index (χ3v) is 6.19. The summed E-state index contributed by atoms with van der Waals surface area (Å²) in [6, 6.07) is 22.3. The Hall–Kier alpha value is -3.38. The first kappa shape index (κ1) is 21.8. The summed E-state index contributed by atoms with van der Waals surface area (Å²) in [4.78, 5) is 12.7. The summed E-state index contributed by atoms with van der Waals surface area (Å²) >= 11 is 1.39. The molecule has 0 unspecified atom stereocenters. The van der Waals surface area contributed by atoms with Gasteiger partial charge in [-0.25, -0.2) is 0 Å². The van der Waals surface area contributed by atoms with Crippen molar-refractivity contribution in [2.75, 3.05) is 11.1 Å². The SMILES string of the molecule is Cc1ccc(NC(=O)CSc2nnc(-c3ccccc3)n2-c2cc(C)ccc2C)c(C)c1. The normalized spacial score (nSPS) is 10.9. The highest BCUT2D eigenvalue weighted by atomic mass is 32.2. The largest absolute Gasteiger partial charge is 0.325 e. The molecule has 1 aromatic heterocycles. The molecule has 0 fully saturated rings. The number of thioether (sulfide) groups is 1. The predicted molar refractivity (Wildman–Crippen MR) is 132 cm³/mol. The second-order valence-corrected chi connectivity index (χ2v) is 8.90. The highest BCUT2D eigenvalue weighted by Gasteiger charge is 2.19. The van der Waals surface area contributed by atoms with E-state index in [-0.39, 0.29) is 11.7 Å². The lowest BCUT2D eigenvalue weighted by atomic mass is 10.1. The van der Waals surface area contributed by atoms with Crippen LogP contribution in [-0.4, -0.2) is 26.4 Å². The number of carbonyl (C=O) groups excluding carboxylic acids is 1. The maximum atomic E-state index is 12.7. The summed E-state index contributed by atoms with van der Waals surface area (Å²) in [6.45, 7) is 8.18. The van der Waals surface area contributed by atoms with Gasteiger partial charge in [0.15, 0.2) is 11.0 Å². The van der Waals surface area contributed by atoms with Crippen LogP contribution in [-0.2, 0) is 4.79 Å². The molecule has 1 amide bonds. The Morgan fingerprint density at radius 3 is 2.34 bits per heavy atom. The molecule has 1 N–H and O–H groups in total. The van der Waals surface area contributed by atoms with E-state index in [0.29, 0.717) is 5.16 Å². The van der Waals surface area contributed by atoms with Gasteiger partial charge in [-0.15, -0.1) is 10.2 Å². The number of carbonyl (C=O) groups is 1. The lowest BCUT2D eigenvalue weighted by molar-refractivity contribution is -0.113. The van der Waals surface area contributed by atoms with Crippen molar-refractivity contribution in [3.05, 3.63) is 89.0 Å². The summed E-state index contributed by atoms with van der Waals surface area (Å²) in [6.07, 6.45) is 0. The number of nitrogens with one attached hydrogen (secondary N) is 1. The van der Waals surface area contributed by atoms with Gasteiger partial charge in [0.25, 0.3) is 0 Å². The van der Waals surface area contributed by atoms with Crippen molar-refractivity contribution in [2.24, 2.45) is 0 Å². The van der Waals surface area contributed by atoms with E-state index < -0.39 is 0 Å². The molecular formula is C26H26N4OS. The first-order chi connectivity index (χ1) is 15.4. The summed E-state index contributed by atoms with van der Waals surface area (Å²) in [7, 11) is 0. The smallest absolute Gasteiger partial charge is 0.234 e. The van der Waals surface area contributed by atoms with Crippen LogP contribution in [0.25, 0.3) is 17.1 Å². The lowest BCUT2D eigenvalue weighted by Crippen LogP contribution is -2.15. The lowest BCUT2D eigenvalue weighted by Gasteiger charge is -2.14. The number of hydrogen-bond donors (Lipinski definition) is 1. The molecule has 0 bridgehead atoms. The second kappa shape index (κ2) is 9.40. The van der Waals surface area contributed by atoms with Gasteiger partial charge in [-0.2, -0.15) is 0 Å². The molecule has 0 aliphatic carbocycles. The minimum absolute atomic E-state index is 0.0706. The molecule has 32 heavy (non-hydrogen) atoms. The number of aryl methyl sites for hydroxylation is 4. The first-order valence-electron chi connectivity index (χ1n) is 10.5. The van der Waals surface area contributed by atoms with Gasteiger partial charge in [0, 0.05) is 11.3 Å². The molecule has 0 radical (unpaired) electrons. The Morgan fingerprint density at radius 1 is 0.875 bits per heavy atom. The molecule has 1 heterocycles. The van der Waals surface area contributed by atoms with Gasteiger partial charge in [-0.3, -0.25) is 9.36 Å². The molecule has 5 nitrogen and oxygen atoms in total. The molecule has 0 atom stereocenters. The average Bonchev–Trinajstić information content (AvgIpc) is 3.20. The van der Waals surface area contributed by atoms with Gasteiger partial charge < -0.3 is 5.32 Å². The van der Waals surface area contributed by atoms with Gasteiger partial charge >= 0.3 is 0 Å². The van der Waals surface area contributed by atoms with E-state index in [1.807, 2.05) is 60.9 Å². The van der Waals surface area contributed by atoms with Crippen LogP contribution in [0.3, 0.4) is 0 Å². The fourth-order valence-electron chi connectivity index (χ4n) is 3.59. The van der Waals surface area contributed by atoms with Gasteiger partial charge in [-0.1, -0.05) is 71.9 Å². The van der Waals surface area contributed by atoms with Crippen molar-refractivity contribution < 1.29 is 4.79 Å². The third kappa shape index (κ3) is 4.75. The Morgan fingerprint density at radius 2 is 1.59 bits per heavy atom. The van der Waals surface area contributed by atoms with Crippen LogP contribution in [0.5, 0.6) is 0 Å². The van der Waals surface area contributed by atoms with Crippen LogP contribution >= 0.6 is 11.8 Å². The molecule has 6 heteroatoms. The number of amides is 1. The number of rotatable bonds is 6. The van der Waals surface area contributed by atoms with Crippen molar-refractivity contribution >= 4 is 23.4 Å². The monoisotopic (exact) mass is 442 g/mol. The van der Waals surface area contributed by atoms with E-state index in [1.54, 1.807) is 0 Å². The molecule has 0 spiro atoms. The quantitative estimate of drug-likeness (QED) is 0.378. The van der Waals surface area contributed by atoms with Crippen molar-refractivity contribution in [1.29, 1.82) is 0 Å². The molecule has 162 valence electrons. The average molecular weight is 443 g/mol. The minimum atomic E-state index is -0.0706. The van der Waals surface area contributed by atoms with Crippen molar-refractivity contribution in [1.82, 2.24) is 14.8 Å². The molecule has 4 rings (SSSR count). The first-order valence-corrected chi connectivity index (χ1v) is 11.5. The molecule has 0 aliphatic rings. The number of hydrogen-bond acceptors (Lipinski definition) is 4. The highest BCUT2D eigenvalue weighted by Crippen LogP contribution is 2.30. The summed E-state index contributed by atoms with van der Waals surface area (Å²) in [5.41, 5.74) is 7.33. The van der Waals surface area contributed by atoms with Crippen LogP contribution in [0.15, 0.2) is 71.9 Å². The third-order valence-electron chi connectivity index (χ3n) is 5.26. The fraction of sp³-hybridized carbons (Fsp3) is 0.192. The van der Waals surface area contributed by atoms with Crippen LogP contribution in [0.1, 0.15) is 22.3 Å². The standard InChI is InChI=1S/C26H26N4OS/c1-17-11-13-22(20(4)14-17)27-24(31)16-32-26-29-28-25(21-8-6-5-7-9-21)30(26)23-15-18(2)10-12-19(23)3/h5-15H,16H2,1-4H3,(H,27,31). The zero-order chi connectivity index (χ0) is 22.7. The Labute approximate surface area is 192 Å². The Bertz CT molecular complexity index is 1260. The summed E-state index contributed by atoms with van der Waals surface area (Å²) in [5, 5.41) is 12.6. The van der Waals surface area contributed by atoms with E-state index >= 15 is 0 Å². The predicted octanol–water partition coefficient (Wildman–Crippen LogP) is 5.90. The number of anilines is 1. The Kier molecular flexibility index (Phi) is 6.42. The summed E-state index contributed by atoms with van der Waals surface area (Å²) < 4.78 is 2.05. The maximum Gasteiger partial charge on any atom is 0.234 e. The summed E-state index contributed by atoms with van der Waals surface area (Å²) in [5.74, 6) is 0.931. The van der Waals surface area contributed by atoms with Crippen molar-refractivity contribution in [2.45, 2.75) is 32.9 Å². The zero-order valence-corrected chi connectivity index (χ0v) is 19.5. The number of aromatic nitrogens is 3. The molecule has 0 aliphatic heterocycles. The van der Waals surface area contributed by atoms with Crippen LogP contribution in [0, 0.1) is 27.7 Å². The zero-order valence-electron chi connectivity index (χ0n) is 18.7. The van der Waals surface area contributed by atoms with Crippen LogP contribution in [0.2, 0.25) is 0 Å². The fourth-order valence-corrected chi connectivity index (χ4v) is 4.33. The van der Waals surface area contributed by atoms with E-state index in [9.17, 15) is 4.79 Å². The van der Waals surface area contributed by atoms with E-state index in [2.05, 4.69) is 53.6 Å². The number of benzene rings is 3. The molecular weight excluding hydrogens is 416 g/mol. The number of nitrogens with zero attached hydrogens (tertiary/aromatic N) is 3. The second-order valence-electron chi connectivity index (χ2n) is 7.95. The molecule has 0 saturated heterocycles. The van der Waals surface area contributed by atoms with Crippen LogP contribution < -0.4 is 5.32 Å². The van der Waals surface area contributed by atoms with E-state index in [1.165, 1.54) is 17.3 Å². The van der Waals surface area contributed by atoms with Gasteiger partial charge in [0.1, 0.15) is 0 Å². The van der Waals surface area contributed by atoms with E-state index in [0.717, 1.165) is 39.5 Å². The van der Waals surface area contributed by atoms with E-state index in [4.69, 9.17) is 0 Å². The van der Waals surface area contributed by atoms with Crippen LogP contribution in [0.4, 0.5) is 5.69 Å². The van der Waals surface area contributed by atoms with Gasteiger partial charge in [-0.05, 0) is 56.5 Å². The molecule has 3 aromatic carbocycles. The molecule has 4 aromatic rings. The van der Waals surface area contributed by atoms with Crippen molar-refractivity contribution in [3.63, 3.8) is 0 Å². The molecule has 0 saturated carbocycles. The van der Waals surface area contributed by atoms with Gasteiger partial charge in [0.05, 0.1) is 11.4 Å². The van der Waals surface area contributed by atoms with Crippen molar-refractivity contribution in [3.8, 4) is 17.1 Å². The Balaban J connectivity index is 1.63.